The van der Waals surface area contributed by atoms with E-state index in [1.54, 1.807) is 24.3 Å². The first-order chi connectivity index (χ1) is 8.04. The minimum atomic E-state index is 0.0206. The van der Waals surface area contributed by atoms with Crippen molar-refractivity contribution in [3.63, 3.8) is 0 Å². The Morgan fingerprint density at radius 2 is 1.82 bits per heavy atom. The van der Waals surface area contributed by atoms with Crippen LogP contribution in [-0.4, -0.2) is 18.2 Å². The molecule has 1 rings (SSSR count). The van der Waals surface area contributed by atoms with E-state index in [-0.39, 0.29) is 24.1 Å². The van der Waals surface area contributed by atoms with E-state index in [1.807, 2.05) is 13.8 Å². The maximum absolute atomic E-state index is 11.5. The van der Waals surface area contributed by atoms with E-state index in [0.29, 0.717) is 11.3 Å². The highest BCUT2D eigenvalue weighted by Gasteiger charge is 2.11. The van der Waals surface area contributed by atoms with E-state index in [4.69, 9.17) is 4.74 Å². The Hall–Kier alpha value is -1.64. The van der Waals surface area contributed by atoms with Crippen LogP contribution >= 0.6 is 0 Å². The molecule has 92 valence electrons. The predicted molar refractivity (Wildman–Crippen MR) is 66.4 cm³/mol. The van der Waals surface area contributed by atoms with Gasteiger partial charge in [0.1, 0.15) is 12.4 Å². The molecular weight excluding hydrogens is 216 g/mol. The lowest BCUT2D eigenvalue weighted by Crippen LogP contribution is -2.18. The monoisotopic (exact) mass is 234 g/mol. The minimum Gasteiger partial charge on any atom is -0.486 e. The number of Topliss-reactive ketones (excluding diaryl/α,β-unsaturated/α-hetero) is 2. The molecule has 0 amide bonds. The summed E-state index contributed by atoms with van der Waals surface area (Å²) in [6, 6.07) is 6.82. The van der Waals surface area contributed by atoms with E-state index >= 15 is 0 Å². The third kappa shape index (κ3) is 4.02. The molecule has 1 aromatic rings. The van der Waals surface area contributed by atoms with Crippen LogP contribution in [0, 0.1) is 5.92 Å². The van der Waals surface area contributed by atoms with Crippen molar-refractivity contribution in [2.45, 2.75) is 27.2 Å². The molecule has 0 spiro atoms. The zero-order valence-corrected chi connectivity index (χ0v) is 10.5. The summed E-state index contributed by atoms with van der Waals surface area (Å²) in [4.78, 5) is 22.6. The number of carbonyl (C=O) groups is 2. The fourth-order valence-electron chi connectivity index (χ4n) is 1.31. The molecule has 0 aliphatic rings. The van der Waals surface area contributed by atoms with Crippen molar-refractivity contribution in [1.29, 1.82) is 0 Å². The summed E-state index contributed by atoms with van der Waals surface area (Å²) >= 11 is 0. The standard InChI is InChI=1S/C14H18O3/c1-4-10(2)14(16)9-17-13-7-5-12(6-8-13)11(3)15/h5-8,10H,4,9H2,1-3H3. The second kappa shape index (κ2) is 6.18. The van der Waals surface area contributed by atoms with Crippen LogP contribution in [0.4, 0.5) is 0 Å². The van der Waals surface area contributed by atoms with E-state index < -0.39 is 0 Å². The SMILES string of the molecule is CCC(C)C(=O)COc1ccc(C(C)=O)cc1. The molecule has 0 bridgehead atoms. The molecule has 0 saturated heterocycles. The Morgan fingerprint density at radius 1 is 1.24 bits per heavy atom. The van der Waals surface area contributed by atoms with Gasteiger partial charge in [0, 0.05) is 11.5 Å². The molecule has 3 heteroatoms. The van der Waals surface area contributed by atoms with Crippen molar-refractivity contribution in [3.8, 4) is 5.75 Å². The normalized spacial score (nSPS) is 11.9. The van der Waals surface area contributed by atoms with Gasteiger partial charge in [-0.3, -0.25) is 9.59 Å². The molecule has 0 saturated carbocycles. The number of benzene rings is 1. The predicted octanol–water partition coefficient (Wildman–Crippen LogP) is 2.88. The van der Waals surface area contributed by atoms with E-state index in [9.17, 15) is 9.59 Å². The summed E-state index contributed by atoms with van der Waals surface area (Å²) in [6.45, 7) is 5.48. The van der Waals surface area contributed by atoms with Crippen LogP contribution in [0.15, 0.2) is 24.3 Å². The lowest BCUT2D eigenvalue weighted by atomic mass is 10.0. The van der Waals surface area contributed by atoms with E-state index in [1.165, 1.54) is 6.92 Å². The van der Waals surface area contributed by atoms with Gasteiger partial charge in [0.15, 0.2) is 11.6 Å². The molecular formula is C14H18O3. The smallest absolute Gasteiger partial charge is 0.172 e. The van der Waals surface area contributed by atoms with Gasteiger partial charge in [-0.1, -0.05) is 13.8 Å². The summed E-state index contributed by atoms with van der Waals surface area (Å²) in [5, 5.41) is 0. The topological polar surface area (TPSA) is 43.4 Å². The Kier molecular flexibility index (Phi) is 4.88. The minimum absolute atomic E-state index is 0.0206. The second-order valence-corrected chi connectivity index (χ2v) is 4.14. The molecule has 0 N–H and O–H groups in total. The number of ketones is 2. The van der Waals surface area contributed by atoms with Crippen molar-refractivity contribution in [2.24, 2.45) is 5.92 Å². The molecule has 3 nitrogen and oxygen atoms in total. The zero-order chi connectivity index (χ0) is 12.8. The lowest BCUT2D eigenvalue weighted by molar-refractivity contribution is -0.124. The highest BCUT2D eigenvalue weighted by Crippen LogP contribution is 2.13. The number of ether oxygens (including phenoxy) is 1. The molecule has 17 heavy (non-hydrogen) atoms. The molecule has 0 radical (unpaired) electrons. The maximum atomic E-state index is 11.5. The van der Waals surface area contributed by atoms with Crippen LogP contribution in [0.2, 0.25) is 0 Å². The van der Waals surface area contributed by atoms with Crippen molar-refractivity contribution in [1.82, 2.24) is 0 Å². The quantitative estimate of drug-likeness (QED) is 0.711. The second-order valence-electron chi connectivity index (χ2n) is 4.14. The van der Waals surface area contributed by atoms with Gasteiger partial charge in [0.2, 0.25) is 0 Å². The third-order valence-corrected chi connectivity index (χ3v) is 2.80. The highest BCUT2D eigenvalue weighted by molar-refractivity contribution is 5.94. The summed E-state index contributed by atoms with van der Waals surface area (Å²) in [7, 11) is 0. The molecule has 1 aromatic carbocycles. The molecule has 1 atom stereocenters. The number of carbonyl (C=O) groups excluding carboxylic acids is 2. The van der Waals surface area contributed by atoms with Gasteiger partial charge in [-0.05, 0) is 37.6 Å². The molecule has 0 fully saturated rings. The average molecular weight is 234 g/mol. The summed E-state index contributed by atoms with van der Waals surface area (Å²) in [5.74, 6) is 0.772. The Bertz CT molecular complexity index is 392. The number of hydrogen-bond donors (Lipinski definition) is 0. The summed E-state index contributed by atoms with van der Waals surface area (Å²) < 4.78 is 5.36. The first kappa shape index (κ1) is 13.4. The van der Waals surface area contributed by atoms with Crippen LogP contribution in [0.25, 0.3) is 0 Å². The molecule has 0 aliphatic heterocycles. The van der Waals surface area contributed by atoms with Crippen molar-refractivity contribution >= 4 is 11.6 Å². The molecule has 0 aliphatic carbocycles. The first-order valence-electron chi connectivity index (χ1n) is 5.81. The van der Waals surface area contributed by atoms with Crippen LogP contribution in [0.3, 0.4) is 0 Å². The van der Waals surface area contributed by atoms with Gasteiger partial charge in [-0.2, -0.15) is 0 Å². The number of rotatable bonds is 6. The van der Waals surface area contributed by atoms with Crippen molar-refractivity contribution in [2.75, 3.05) is 6.61 Å². The third-order valence-electron chi connectivity index (χ3n) is 2.80. The van der Waals surface area contributed by atoms with Gasteiger partial charge in [0.25, 0.3) is 0 Å². The van der Waals surface area contributed by atoms with Gasteiger partial charge in [-0.15, -0.1) is 0 Å². The van der Waals surface area contributed by atoms with E-state index in [0.717, 1.165) is 6.42 Å². The van der Waals surface area contributed by atoms with Crippen LogP contribution in [0.1, 0.15) is 37.6 Å². The first-order valence-corrected chi connectivity index (χ1v) is 5.81. The Labute approximate surface area is 102 Å². The average Bonchev–Trinajstić information content (AvgIpc) is 2.35. The van der Waals surface area contributed by atoms with Gasteiger partial charge < -0.3 is 4.74 Å². The zero-order valence-electron chi connectivity index (χ0n) is 10.5. The fourth-order valence-corrected chi connectivity index (χ4v) is 1.31. The van der Waals surface area contributed by atoms with Crippen LogP contribution < -0.4 is 4.74 Å². The lowest BCUT2D eigenvalue weighted by Gasteiger charge is -2.09. The summed E-state index contributed by atoms with van der Waals surface area (Å²) in [6.07, 6.45) is 0.825. The Balaban J connectivity index is 2.53. The van der Waals surface area contributed by atoms with Gasteiger partial charge >= 0.3 is 0 Å². The highest BCUT2D eigenvalue weighted by atomic mass is 16.5. The number of hydrogen-bond acceptors (Lipinski definition) is 3. The van der Waals surface area contributed by atoms with Crippen molar-refractivity contribution in [3.05, 3.63) is 29.8 Å². The largest absolute Gasteiger partial charge is 0.486 e. The van der Waals surface area contributed by atoms with Gasteiger partial charge in [0.05, 0.1) is 0 Å². The Morgan fingerprint density at radius 3 is 2.29 bits per heavy atom. The fraction of sp³-hybridized carbons (Fsp3) is 0.429. The molecule has 0 heterocycles. The van der Waals surface area contributed by atoms with E-state index in [2.05, 4.69) is 0 Å². The molecule has 0 aromatic heterocycles. The summed E-state index contributed by atoms with van der Waals surface area (Å²) in [5.41, 5.74) is 0.644. The maximum Gasteiger partial charge on any atom is 0.172 e. The van der Waals surface area contributed by atoms with Crippen LogP contribution in [-0.2, 0) is 4.79 Å². The van der Waals surface area contributed by atoms with Gasteiger partial charge in [-0.25, -0.2) is 0 Å². The molecule has 1 unspecified atom stereocenters. The van der Waals surface area contributed by atoms with Crippen LogP contribution in [0.5, 0.6) is 5.75 Å². The van der Waals surface area contributed by atoms with Crippen molar-refractivity contribution < 1.29 is 14.3 Å².